The van der Waals surface area contributed by atoms with E-state index in [1.165, 1.54) is 19.2 Å². The molecule has 0 heterocycles. The zero-order valence-electron chi connectivity index (χ0n) is 8.42. The Kier molecular flexibility index (Phi) is 4.42. The van der Waals surface area contributed by atoms with Crippen molar-refractivity contribution < 1.29 is 18.7 Å². The van der Waals surface area contributed by atoms with E-state index in [0.717, 1.165) is 6.07 Å². The molecule has 0 spiro atoms. The number of rotatable bonds is 3. The van der Waals surface area contributed by atoms with Gasteiger partial charge in [0.05, 0.1) is 12.7 Å². The molecule has 0 saturated carbocycles. The van der Waals surface area contributed by atoms with Gasteiger partial charge in [0.2, 0.25) is 0 Å². The Bertz CT molecular complexity index is 423. The van der Waals surface area contributed by atoms with Gasteiger partial charge in [0, 0.05) is 4.47 Å². The van der Waals surface area contributed by atoms with E-state index < -0.39 is 17.7 Å². The van der Waals surface area contributed by atoms with Crippen molar-refractivity contribution in [3.8, 4) is 0 Å². The summed E-state index contributed by atoms with van der Waals surface area (Å²) in [6.07, 6.45) is 0. The largest absolute Gasteiger partial charge is 0.468 e. The lowest BCUT2D eigenvalue weighted by molar-refractivity contribution is -0.139. The summed E-state index contributed by atoms with van der Waals surface area (Å²) in [7, 11) is 1.20. The Balaban J connectivity index is 2.73. The molecule has 0 aliphatic carbocycles. The maximum atomic E-state index is 13.2. The van der Waals surface area contributed by atoms with Gasteiger partial charge in [-0.05, 0) is 18.2 Å². The maximum Gasteiger partial charge on any atom is 0.325 e. The Morgan fingerprint density at radius 3 is 2.81 bits per heavy atom. The fraction of sp³-hybridized carbons (Fsp3) is 0.200. The van der Waals surface area contributed by atoms with Gasteiger partial charge < -0.3 is 10.1 Å². The maximum absolute atomic E-state index is 13.2. The van der Waals surface area contributed by atoms with Crippen molar-refractivity contribution in [2.45, 2.75) is 0 Å². The second kappa shape index (κ2) is 5.60. The van der Waals surface area contributed by atoms with Crippen molar-refractivity contribution in [3.05, 3.63) is 34.1 Å². The van der Waals surface area contributed by atoms with Crippen LogP contribution in [0.3, 0.4) is 0 Å². The second-order valence-electron chi connectivity index (χ2n) is 2.88. The molecule has 1 aromatic carbocycles. The highest BCUT2D eigenvalue weighted by molar-refractivity contribution is 9.10. The number of carbonyl (C=O) groups excluding carboxylic acids is 2. The number of esters is 1. The average Bonchev–Trinajstić information content (AvgIpc) is 2.28. The minimum atomic E-state index is -0.663. The molecule has 4 nitrogen and oxygen atoms in total. The Morgan fingerprint density at radius 2 is 2.19 bits per heavy atom. The molecular formula is C10H9BrFNO3. The Labute approximate surface area is 99.9 Å². The van der Waals surface area contributed by atoms with Gasteiger partial charge in [-0.3, -0.25) is 9.59 Å². The number of amides is 1. The summed E-state index contributed by atoms with van der Waals surface area (Å²) < 4.78 is 18.1. The minimum absolute atomic E-state index is 0.127. The van der Waals surface area contributed by atoms with Crippen LogP contribution < -0.4 is 5.32 Å². The van der Waals surface area contributed by atoms with Crippen LogP contribution in [0.4, 0.5) is 4.39 Å². The zero-order chi connectivity index (χ0) is 12.1. The third kappa shape index (κ3) is 3.30. The van der Waals surface area contributed by atoms with Crippen molar-refractivity contribution in [2.24, 2.45) is 0 Å². The number of hydrogen-bond acceptors (Lipinski definition) is 3. The molecule has 0 atom stereocenters. The molecule has 0 unspecified atom stereocenters. The number of halogens is 2. The molecule has 86 valence electrons. The van der Waals surface area contributed by atoms with Crippen LogP contribution in [0.25, 0.3) is 0 Å². The van der Waals surface area contributed by atoms with Crippen LogP contribution in [-0.4, -0.2) is 25.5 Å². The van der Waals surface area contributed by atoms with Crippen LogP contribution in [-0.2, 0) is 9.53 Å². The van der Waals surface area contributed by atoms with Gasteiger partial charge in [0.25, 0.3) is 5.91 Å². The number of hydrogen-bond donors (Lipinski definition) is 1. The molecule has 1 amide bonds. The first-order valence-electron chi connectivity index (χ1n) is 4.34. The van der Waals surface area contributed by atoms with Crippen LogP contribution in [0.2, 0.25) is 0 Å². The smallest absolute Gasteiger partial charge is 0.325 e. The van der Waals surface area contributed by atoms with Crippen LogP contribution in [0.5, 0.6) is 0 Å². The summed E-state index contributed by atoms with van der Waals surface area (Å²) >= 11 is 3.12. The summed E-state index contributed by atoms with van der Waals surface area (Å²) in [6, 6.07) is 3.98. The van der Waals surface area contributed by atoms with Gasteiger partial charge in [-0.2, -0.15) is 0 Å². The quantitative estimate of drug-likeness (QED) is 0.858. The molecular weight excluding hydrogens is 281 g/mol. The van der Waals surface area contributed by atoms with Crippen molar-refractivity contribution in [1.82, 2.24) is 5.32 Å². The van der Waals surface area contributed by atoms with E-state index in [0.29, 0.717) is 4.47 Å². The lowest BCUT2D eigenvalue weighted by Crippen LogP contribution is -2.30. The number of carbonyl (C=O) groups is 2. The van der Waals surface area contributed by atoms with E-state index in [1.807, 2.05) is 0 Å². The van der Waals surface area contributed by atoms with Crippen molar-refractivity contribution in [2.75, 3.05) is 13.7 Å². The predicted octanol–water partition coefficient (Wildman–Crippen LogP) is 1.49. The summed E-state index contributed by atoms with van der Waals surface area (Å²) in [5, 5.41) is 2.24. The first kappa shape index (κ1) is 12.6. The fourth-order valence-electron chi connectivity index (χ4n) is 0.991. The molecule has 6 heteroatoms. The molecule has 16 heavy (non-hydrogen) atoms. The summed E-state index contributed by atoms with van der Waals surface area (Å²) in [6.45, 7) is -0.290. The highest BCUT2D eigenvalue weighted by atomic mass is 79.9. The highest BCUT2D eigenvalue weighted by Crippen LogP contribution is 2.15. The first-order chi connectivity index (χ1) is 7.54. The lowest BCUT2D eigenvalue weighted by Gasteiger charge is -2.05. The molecule has 0 aliphatic heterocycles. The molecule has 0 saturated heterocycles. The van der Waals surface area contributed by atoms with Gasteiger partial charge in [-0.25, -0.2) is 4.39 Å². The number of ether oxygens (including phenoxy) is 1. The van der Waals surface area contributed by atoms with E-state index in [2.05, 4.69) is 26.0 Å². The first-order valence-corrected chi connectivity index (χ1v) is 5.14. The topological polar surface area (TPSA) is 55.4 Å². The van der Waals surface area contributed by atoms with Crippen molar-refractivity contribution in [3.63, 3.8) is 0 Å². The fourth-order valence-corrected chi connectivity index (χ4v) is 1.35. The molecule has 0 radical (unpaired) electrons. The van der Waals surface area contributed by atoms with Gasteiger partial charge in [-0.1, -0.05) is 15.9 Å². The molecule has 1 rings (SSSR count). The van der Waals surface area contributed by atoms with Crippen molar-refractivity contribution in [1.29, 1.82) is 0 Å². The van der Waals surface area contributed by atoms with E-state index in [-0.39, 0.29) is 12.1 Å². The van der Waals surface area contributed by atoms with E-state index in [4.69, 9.17) is 0 Å². The third-order valence-electron chi connectivity index (χ3n) is 1.79. The molecule has 1 aromatic rings. The predicted molar refractivity (Wildman–Crippen MR) is 58.4 cm³/mol. The summed E-state index contributed by atoms with van der Waals surface area (Å²) in [4.78, 5) is 22.2. The molecule has 0 aromatic heterocycles. The third-order valence-corrected chi connectivity index (χ3v) is 2.29. The number of benzene rings is 1. The number of nitrogens with one attached hydrogen (secondary N) is 1. The molecule has 0 fully saturated rings. The zero-order valence-corrected chi connectivity index (χ0v) is 10.0. The Hall–Kier alpha value is -1.43. The monoisotopic (exact) mass is 289 g/mol. The van der Waals surface area contributed by atoms with Gasteiger partial charge in [-0.15, -0.1) is 0 Å². The van der Waals surface area contributed by atoms with Gasteiger partial charge in [0.15, 0.2) is 0 Å². The van der Waals surface area contributed by atoms with Crippen LogP contribution in [0, 0.1) is 5.82 Å². The standard InChI is InChI=1S/C10H9BrFNO3/c1-16-9(14)5-13-10(15)7-4-6(11)2-3-8(7)12/h2-4H,5H2,1H3,(H,13,15). The highest BCUT2D eigenvalue weighted by Gasteiger charge is 2.13. The van der Waals surface area contributed by atoms with Crippen LogP contribution in [0.15, 0.2) is 22.7 Å². The van der Waals surface area contributed by atoms with Crippen molar-refractivity contribution >= 4 is 27.8 Å². The number of methoxy groups -OCH3 is 1. The SMILES string of the molecule is COC(=O)CNC(=O)c1cc(Br)ccc1F. The summed E-state index contributed by atoms with van der Waals surface area (Å²) in [5.41, 5.74) is -0.127. The molecule has 1 N–H and O–H groups in total. The molecule has 0 aliphatic rings. The van der Waals surface area contributed by atoms with Gasteiger partial charge >= 0.3 is 5.97 Å². The van der Waals surface area contributed by atoms with E-state index in [1.54, 1.807) is 0 Å². The Morgan fingerprint density at radius 1 is 1.50 bits per heavy atom. The van der Waals surface area contributed by atoms with E-state index in [9.17, 15) is 14.0 Å². The van der Waals surface area contributed by atoms with Gasteiger partial charge in [0.1, 0.15) is 12.4 Å². The second-order valence-corrected chi connectivity index (χ2v) is 3.80. The van der Waals surface area contributed by atoms with Crippen LogP contribution in [0.1, 0.15) is 10.4 Å². The van der Waals surface area contributed by atoms with E-state index >= 15 is 0 Å². The van der Waals surface area contributed by atoms with Crippen LogP contribution >= 0.6 is 15.9 Å². The minimum Gasteiger partial charge on any atom is -0.468 e. The lowest BCUT2D eigenvalue weighted by atomic mass is 10.2. The molecule has 0 bridgehead atoms. The average molecular weight is 290 g/mol. The normalized spacial score (nSPS) is 9.69. The summed E-state index contributed by atoms with van der Waals surface area (Å²) in [5.74, 6) is -1.90.